The molecule has 0 amide bonds. The molecule has 0 spiro atoms. The van der Waals surface area contributed by atoms with Gasteiger partial charge in [0.05, 0.1) is 12.3 Å². The number of carbonyl (C=O) groups is 1. The molecule has 0 aliphatic rings. The molecular weight excluding hydrogens is 208 g/mol. The Morgan fingerprint density at radius 2 is 2.31 bits per heavy atom. The summed E-state index contributed by atoms with van der Waals surface area (Å²) >= 11 is 0. The number of esters is 1. The molecule has 0 aliphatic heterocycles. The highest BCUT2D eigenvalue weighted by Gasteiger charge is 2.16. The number of rotatable bonds is 5. The van der Waals surface area contributed by atoms with Gasteiger partial charge < -0.3 is 19.8 Å². The van der Waals surface area contributed by atoms with Crippen molar-refractivity contribution in [2.45, 2.75) is 26.5 Å². The van der Waals surface area contributed by atoms with Crippen LogP contribution in [0.5, 0.6) is 0 Å². The summed E-state index contributed by atoms with van der Waals surface area (Å²) in [5.41, 5.74) is 6.67. The maximum Gasteiger partial charge on any atom is 0.355 e. The van der Waals surface area contributed by atoms with Crippen molar-refractivity contribution in [1.29, 1.82) is 0 Å². The van der Waals surface area contributed by atoms with Gasteiger partial charge in [-0.3, -0.25) is 0 Å². The highest BCUT2D eigenvalue weighted by molar-refractivity contribution is 5.89. The minimum Gasteiger partial charge on any atom is -0.456 e. The zero-order chi connectivity index (χ0) is 12.1. The van der Waals surface area contributed by atoms with Gasteiger partial charge in [-0.25, -0.2) is 4.79 Å². The molecule has 5 nitrogen and oxygen atoms in total. The first-order valence-corrected chi connectivity index (χ1v) is 5.24. The van der Waals surface area contributed by atoms with Crippen molar-refractivity contribution in [1.82, 2.24) is 4.57 Å². The highest BCUT2D eigenvalue weighted by Crippen LogP contribution is 2.12. The standard InChI is InChI=1S/C11H18N2O3/c1-4-13-6-9(12)5-10(13)11(14)16-8(2)7-15-3/h5-6,8H,4,7,12H2,1-3H3. The molecule has 0 saturated heterocycles. The number of hydrogen-bond acceptors (Lipinski definition) is 4. The van der Waals surface area contributed by atoms with E-state index in [9.17, 15) is 4.79 Å². The van der Waals surface area contributed by atoms with Gasteiger partial charge in [-0.1, -0.05) is 0 Å². The van der Waals surface area contributed by atoms with Gasteiger partial charge in [0.2, 0.25) is 0 Å². The number of anilines is 1. The number of nitrogens with zero attached hydrogens (tertiary/aromatic N) is 1. The van der Waals surface area contributed by atoms with Crippen molar-refractivity contribution in [3.05, 3.63) is 18.0 Å². The number of carbonyl (C=O) groups excluding carboxylic acids is 1. The Kier molecular flexibility index (Phi) is 4.37. The third-order valence-corrected chi connectivity index (χ3v) is 2.18. The minimum absolute atomic E-state index is 0.265. The number of hydrogen-bond donors (Lipinski definition) is 1. The summed E-state index contributed by atoms with van der Waals surface area (Å²) < 4.78 is 11.8. The van der Waals surface area contributed by atoms with Crippen LogP contribution in [0.2, 0.25) is 0 Å². The molecule has 0 saturated carbocycles. The Hall–Kier alpha value is -1.49. The molecule has 16 heavy (non-hydrogen) atoms. The molecule has 1 heterocycles. The molecule has 2 N–H and O–H groups in total. The fourth-order valence-corrected chi connectivity index (χ4v) is 1.48. The van der Waals surface area contributed by atoms with Gasteiger partial charge >= 0.3 is 5.97 Å². The van der Waals surface area contributed by atoms with E-state index < -0.39 is 0 Å². The van der Waals surface area contributed by atoms with Gasteiger partial charge in [-0.15, -0.1) is 0 Å². The van der Waals surface area contributed by atoms with E-state index in [0.29, 0.717) is 24.5 Å². The van der Waals surface area contributed by atoms with Crippen LogP contribution in [0, 0.1) is 0 Å². The van der Waals surface area contributed by atoms with Crippen LogP contribution >= 0.6 is 0 Å². The summed E-state index contributed by atoms with van der Waals surface area (Å²) in [5, 5.41) is 0. The van der Waals surface area contributed by atoms with E-state index in [1.54, 1.807) is 30.9 Å². The van der Waals surface area contributed by atoms with Crippen LogP contribution in [0.3, 0.4) is 0 Å². The van der Waals surface area contributed by atoms with Gasteiger partial charge in [-0.05, 0) is 19.9 Å². The van der Waals surface area contributed by atoms with Crippen molar-refractivity contribution in [3.63, 3.8) is 0 Å². The monoisotopic (exact) mass is 226 g/mol. The normalized spacial score (nSPS) is 12.4. The Balaban J connectivity index is 2.72. The Morgan fingerprint density at radius 1 is 1.62 bits per heavy atom. The fourth-order valence-electron chi connectivity index (χ4n) is 1.48. The summed E-state index contributed by atoms with van der Waals surface area (Å²) in [6.07, 6.45) is 1.45. The van der Waals surface area contributed by atoms with Crippen LogP contribution in [-0.2, 0) is 16.0 Å². The largest absolute Gasteiger partial charge is 0.456 e. The topological polar surface area (TPSA) is 66.5 Å². The Morgan fingerprint density at radius 3 is 2.88 bits per heavy atom. The van der Waals surface area contributed by atoms with Crippen molar-refractivity contribution < 1.29 is 14.3 Å². The van der Waals surface area contributed by atoms with Crippen LogP contribution in [0.15, 0.2) is 12.3 Å². The summed E-state index contributed by atoms with van der Waals surface area (Å²) in [7, 11) is 1.57. The number of methoxy groups -OCH3 is 1. The van der Waals surface area contributed by atoms with Gasteiger partial charge in [0, 0.05) is 19.9 Å². The van der Waals surface area contributed by atoms with Crippen LogP contribution in [0.25, 0.3) is 0 Å². The van der Waals surface area contributed by atoms with Crippen molar-refractivity contribution >= 4 is 11.7 Å². The third kappa shape index (κ3) is 3.00. The maximum atomic E-state index is 11.8. The van der Waals surface area contributed by atoms with Crippen LogP contribution in [0.1, 0.15) is 24.3 Å². The Labute approximate surface area is 95.1 Å². The van der Waals surface area contributed by atoms with Crippen molar-refractivity contribution in [2.75, 3.05) is 19.5 Å². The predicted molar refractivity (Wildman–Crippen MR) is 61.3 cm³/mol. The van der Waals surface area contributed by atoms with Gasteiger partial charge in [0.1, 0.15) is 11.8 Å². The average molecular weight is 226 g/mol. The lowest BCUT2D eigenvalue weighted by Gasteiger charge is -2.12. The fraction of sp³-hybridized carbons (Fsp3) is 0.545. The molecule has 1 aromatic rings. The lowest BCUT2D eigenvalue weighted by Crippen LogP contribution is -2.21. The predicted octanol–water partition coefficient (Wildman–Crippen LogP) is 1.28. The number of ether oxygens (including phenoxy) is 2. The summed E-state index contributed by atoms with van der Waals surface area (Å²) in [6.45, 7) is 4.78. The first kappa shape index (κ1) is 12.6. The van der Waals surface area contributed by atoms with E-state index in [1.807, 2.05) is 6.92 Å². The van der Waals surface area contributed by atoms with Crippen LogP contribution in [-0.4, -0.2) is 30.4 Å². The lowest BCUT2D eigenvalue weighted by molar-refractivity contribution is 0.0110. The van der Waals surface area contributed by atoms with Crippen molar-refractivity contribution in [3.8, 4) is 0 Å². The van der Waals surface area contributed by atoms with Gasteiger partial charge in [-0.2, -0.15) is 0 Å². The van der Waals surface area contributed by atoms with E-state index in [1.165, 1.54) is 0 Å². The number of nitrogens with two attached hydrogens (primary N) is 1. The number of nitrogen functional groups attached to an aromatic ring is 1. The van der Waals surface area contributed by atoms with Gasteiger partial charge in [0.15, 0.2) is 0 Å². The first-order valence-electron chi connectivity index (χ1n) is 5.24. The number of aryl methyl sites for hydroxylation is 1. The van der Waals surface area contributed by atoms with Crippen molar-refractivity contribution in [2.24, 2.45) is 0 Å². The zero-order valence-electron chi connectivity index (χ0n) is 9.90. The van der Waals surface area contributed by atoms with Gasteiger partial charge in [0.25, 0.3) is 0 Å². The van der Waals surface area contributed by atoms with E-state index in [0.717, 1.165) is 0 Å². The lowest BCUT2D eigenvalue weighted by atomic mass is 10.4. The summed E-state index contributed by atoms with van der Waals surface area (Å²) in [4.78, 5) is 11.8. The molecule has 1 unspecified atom stereocenters. The van der Waals surface area contributed by atoms with E-state index in [4.69, 9.17) is 15.2 Å². The second-order valence-corrected chi connectivity index (χ2v) is 3.62. The Bertz CT molecular complexity index is 360. The second-order valence-electron chi connectivity index (χ2n) is 3.62. The molecule has 0 fully saturated rings. The first-order chi connectivity index (χ1) is 7.58. The van der Waals surface area contributed by atoms with E-state index in [-0.39, 0.29) is 12.1 Å². The maximum absolute atomic E-state index is 11.8. The average Bonchev–Trinajstić information content (AvgIpc) is 2.59. The highest BCUT2D eigenvalue weighted by atomic mass is 16.6. The van der Waals surface area contributed by atoms with Crippen LogP contribution < -0.4 is 5.73 Å². The smallest absolute Gasteiger partial charge is 0.355 e. The molecule has 1 aromatic heterocycles. The minimum atomic E-state index is -0.372. The molecule has 90 valence electrons. The van der Waals surface area contributed by atoms with E-state index in [2.05, 4.69) is 0 Å². The molecule has 0 bridgehead atoms. The number of aromatic nitrogens is 1. The second kappa shape index (κ2) is 5.55. The molecule has 0 radical (unpaired) electrons. The molecule has 5 heteroatoms. The molecule has 0 aliphatic carbocycles. The summed E-state index contributed by atoms with van der Waals surface area (Å²) in [5.74, 6) is -0.372. The molecular formula is C11H18N2O3. The molecule has 0 aromatic carbocycles. The SMILES string of the molecule is CCn1cc(N)cc1C(=O)OC(C)COC. The summed E-state index contributed by atoms with van der Waals surface area (Å²) in [6, 6.07) is 1.62. The quantitative estimate of drug-likeness (QED) is 0.768. The molecule has 1 rings (SSSR count). The molecule has 1 atom stereocenters. The third-order valence-electron chi connectivity index (χ3n) is 2.18. The zero-order valence-corrected chi connectivity index (χ0v) is 9.90. The van der Waals surface area contributed by atoms with Crippen LogP contribution in [0.4, 0.5) is 5.69 Å². The van der Waals surface area contributed by atoms with E-state index >= 15 is 0 Å².